The summed E-state index contributed by atoms with van der Waals surface area (Å²) in [4.78, 5) is 27.6. The summed E-state index contributed by atoms with van der Waals surface area (Å²) in [6.07, 6.45) is 3.64. The minimum atomic E-state index is -0.935. The van der Waals surface area contributed by atoms with E-state index in [2.05, 4.69) is 15.1 Å². The van der Waals surface area contributed by atoms with E-state index in [1.165, 1.54) is 25.8 Å². The Kier molecular flexibility index (Phi) is 5.51. The van der Waals surface area contributed by atoms with Crippen LogP contribution in [-0.2, 0) is 9.59 Å². The lowest BCUT2D eigenvalue weighted by Crippen LogP contribution is -2.56. The van der Waals surface area contributed by atoms with Crippen molar-refractivity contribution >= 4 is 11.8 Å². The van der Waals surface area contributed by atoms with Gasteiger partial charge >= 0.3 is 5.97 Å². The monoisotopic (exact) mass is 283 g/mol. The lowest BCUT2D eigenvalue weighted by Gasteiger charge is -2.44. The normalized spacial score (nSPS) is 25.9. The fourth-order valence-corrected chi connectivity index (χ4v) is 3.25. The maximum Gasteiger partial charge on any atom is 0.305 e. The molecule has 6 heteroatoms. The van der Waals surface area contributed by atoms with Gasteiger partial charge in [-0.05, 0) is 26.4 Å². The van der Waals surface area contributed by atoms with Crippen molar-refractivity contribution in [2.45, 2.75) is 37.8 Å². The Morgan fingerprint density at radius 3 is 2.80 bits per heavy atom. The van der Waals surface area contributed by atoms with Crippen LogP contribution in [0.4, 0.5) is 0 Å². The summed E-state index contributed by atoms with van der Waals surface area (Å²) >= 11 is 0. The maximum absolute atomic E-state index is 12.2. The van der Waals surface area contributed by atoms with Crippen LogP contribution in [0, 0.1) is 0 Å². The summed E-state index contributed by atoms with van der Waals surface area (Å²) < 4.78 is 0. The molecular weight excluding hydrogens is 258 g/mol. The fourth-order valence-electron chi connectivity index (χ4n) is 3.25. The summed E-state index contributed by atoms with van der Waals surface area (Å²) in [6.45, 7) is 4.43. The molecule has 20 heavy (non-hydrogen) atoms. The molecule has 0 radical (unpaired) electrons. The van der Waals surface area contributed by atoms with Crippen LogP contribution < -0.4 is 5.32 Å². The van der Waals surface area contributed by atoms with Gasteiger partial charge in [-0.25, -0.2) is 0 Å². The number of piperidine rings is 1. The molecule has 2 aliphatic rings. The maximum atomic E-state index is 12.2. The molecule has 1 unspecified atom stereocenters. The number of piperazine rings is 1. The van der Waals surface area contributed by atoms with Crippen molar-refractivity contribution in [3.63, 3.8) is 0 Å². The van der Waals surface area contributed by atoms with Gasteiger partial charge in [0, 0.05) is 25.7 Å². The van der Waals surface area contributed by atoms with Gasteiger partial charge in [0.2, 0.25) is 0 Å². The Labute approximate surface area is 120 Å². The highest BCUT2D eigenvalue weighted by Gasteiger charge is 2.30. The zero-order valence-electron chi connectivity index (χ0n) is 12.2. The molecule has 0 bridgehead atoms. The zero-order chi connectivity index (χ0) is 14.5. The van der Waals surface area contributed by atoms with Crippen LogP contribution in [0.5, 0.6) is 0 Å². The van der Waals surface area contributed by atoms with Crippen molar-refractivity contribution in [3.05, 3.63) is 0 Å². The van der Waals surface area contributed by atoms with E-state index < -0.39 is 12.0 Å². The molecule has 0 amide bonds. The number of likely N-dealkylation sites (N-methyl/N-ethyl adjacent to an activating group) is 1. The van der Waals surface area contributed by atoms with Gasteiger partial charge in [-0.15, -0.1) is 0 Å². The number of hydrogen-bond donors (Lipinski definition) is 2. The molecule has 2 N–H and O–H groups in total. The van der Waals surface area contributed by atoms with Crippen LogP contribution in [0.25, 0.3) is 0 Å². The van der Waals surface area contributed by atoms with Crippen LogP contribution in [0.1, 0.15) is 25.7 Å². The van der Waals surface area contributed by atoms with Gasteiger partial charge in [-0.1, -0.05) is 6.42 Å². The molecule has 114 valence electrons. The predicted octanol–water partition coefficient (Wildman–Crippen LogP) is -0.212. The summed E-state index contributed by atoms with van der Waals surface area (Å²) in [5, 5.41) is 11.6. The minimum Gasteiger partial charge on any atom is -0.481 e. The van der Waals surface area contributed by atoms with Gasteiger partial charge in [-0.2, -0.15) is 0 Å². The van der Waals surface area contributed by atoms with Crippen molar-refractivity contribution in [3.8, 4) is 0 Å². The predicted molar refractivity (Wildman–Crippen MR) is 75.8 cm³/mol. The summed E-state index contributed by atoms with van der Waals surface area (Å²) in [7, 11) is 1.64. The molecular formula is C14H25N3O3. The molecule has 0 spiro atoms. The first-order valence-corrected chi connectivity index (χ1v) is 7.48. The third kappa shape index (κ3) is 4.01. The highest BCUT2D eigenvalue weighted by Crippen LogP contribution is 2.20. The van der Waals surface area contributed by atoms with Crippen LogP contribution in [0.3, 0.4) is 0 Å². The van der Waals surface area contributed by atoms with Gasteiger partial charge < -0.3 is 10.4 Å². The molecule has 6 nitrogen and oxygen atoms in total. The van der Waals surface area contributed by atoms with Crippen LogP contribution in [-0.4, -0.2) is 78.5 Å². The number of carbonyl (C=O) groups excluding carboxylic acids is 1. The quantitative estimate of drug-likeness (QED) is 0.703. The Balaban J connectivity index is 1.83. The molecule has 0 aromatic rings. The Morgan fingerprint density at radius 2 is 2.10 bits per heavy atom. The molecule has 0 aromatic heterocycles. The highest BCUT2D eigenvalue weighted by molar-refractivity contribution is 5.89. The number of carboxylic acid groups (broad SMARTS) is 1. The average molecular weight is 283 g/mol. The standard InChI is InChI=1S/C14H25N3O3/c1-15-12(8-14(19)20)13(18)10-16-6-7-17-5-3-2-4-11(17)9-16/h11-12,15H,2-10H2,1H3,(H,19,20)/t11?,12-/m0/s1. The number of nitrogens with one attached hydrogen (secondary N) is 1. The van der Waals surface area contributed by atoms with Gasteiger partial charge in [0.15, 0.2) is 5.78 Å². The summed E-state index contributed by atoms with van der Waals surface area (Å²) in [5.41, 5.74) is 0. The third-order valence-electron chi connectivity index (χ3n) is 4.42. The van der Waals surface area contributed by atoms with E-state index in [1.54, 1.807) is 7.05 Å². The van der Waals surface area contributed by atoms with Crippen molar-refractivity contribution in [1.82, 2.24) is 15.1 Å². The van der Waals surface area contributed by atoms with E-state index in [0.717, 1.165) is 19.6 Å². The summed E-state index contributed by atoms with van der Waals surface area (Å²) in [6, 6.07) is 0.00898. The van der Waals surface area contributed by atoms with Crippen molar-refractivity contribution in [2.24, 2.45) is 0 Å². The second-order valence-electron chi connectivity index (χ2n) is 5.83. The molecule has 2 atom stereocenters. The fraction of sp³-hybridized carbons (Fsp3) is 0.857. The van der Waals surface area contributed by atoms with Crippen LogP contribution >= 0.6 is 0 Å². The second kappa shape index (κ2) is 7.15. The van der Waals surface area contributed by atoms with Gasteiger partial charge in [0.25, 0.3) is 0 Å². The molecule has 2 heterocycles. The molecule has 0 aliphatic carbocycles. The number of ketones is 1. The molecule has 2 saturated heterocycles. The van der Waals surface area contributed by atoms with Crippen LogP contribution in [0.15, 0.2) is 0 Å². The van der Waals surface area contributed by atoms with E-state index in [9.17, 15) is 9.59 Å². The number of fused-ring (bicyclic) bond motifs is 1. The molecule has 2 rings (SSSR count). The second-order valence-corrected chi connectivity index (χ2v) is 5.83. The first-order valence-electron chi connectivity index (χ1n) is 7.48. The average Bonchev–Trinajstić information content (AvgIpc) is 2.44. The molecule has 0 saturated carbocycles. The Morgan fingerprint density at radius 1 is 1.30 bits per heavy atom. The number of carboxylic acids is 1. The largest absolute Gasteiger partial charge is 0.481 e. The van der Waals surface area contributed by atoms with Gasteiger partial charge in [0.05, 0.1) is 19.0 Å². The third-order valence-corrected chi connectivity index (χ3v) is 4.42. The highest BCUT2D eigenvalue weighted by atomic mass is 16.4. The van der Waals surface area contributed by atoms with Crippen LogP contribution in [0.2, 0.25) is 0 Å². The molecule has 2 aliphatic heterocycles. The minimum absolute atomic E-state index is 0.0147. The number of rotatable bonds is 6. The van der Waals surface area contributed by atoms with Gasteiger partial charge in [-0.3, -0.25) is 19.4 Å². The SMILES string of the molecule is CN[C@@H](CC(=O)O)C(=O)CN1CCN2CCCCC2C1. The van der Waals surface area contributed by atoms with E-state index in [0.29, 0.717) is 12.6 Å². The number of hydrogen-bond acceptors (Lipinski definition) is 5. The first kappa shape index (κ1) is 15.4. The topological polar surface area (TPSA) is 72.9 Å². The zero-order valence-corrected chi connectivity index (χ0v) is 12.2. The molecule has 2 fully saturated rings. The smallest absolute Gasteiger partial charge is 0.305 e. The number of Topliss-reactive ketones (excluding diaryl/α,β-unsaturated/α-hetero) is 1. The van der Waals surface area contributed by atoms with Gasteiger partial charge in [0.1, 0.15) is 0 Å². The van der Waals surface area contributed by atoms with E-state index in [-0.39, 0.29) is 12.2 Å². The molecule has 0 aromatic carbocycles. The van der Waals surface area contributed by atoms with Crippen molar-refractivity contribution in [1.29, 1.82) is 0 Å². The van der Waals surface area contributed by atoms with E-state index in [1.807, 2.05) is 0 Å². The Hall–Kier alpha value is -0.980. The lowest BCUT2D eigenvalue weighted by atomic mass is 9.99. The Bertz CT molecular complexity index is 362. The number of aliphatic carboxylic acids is 1. The lowest BCUT2D eigenvalue weighted by molar-refractivity contribution is -0.139. The number of nitrogens with zero attached hydrogens (tertiary/aromatic N) is 2. The van der Waals surface area contributed by atoms with Crippen molar-refractivity contribution in [2.75, 3.05) is 39.8 Å². The first-order chi connectivity index (χ1) is 9.60. The van der Waals surface area contributed by atoms with Crippen molar-refractivity contribution < 1.29 is 14.7 Å². The summed E-state index contributed by atoms with van der Waals surface area (Å²) in [5.74, 6) is -0.950. The van der Waals surface area contributed by atoms with E-state index in [4.69, 9.17) is 5.11 Å². The number of carbonyl (C=O) groups is 2. The van der Waals surface area contributed by atoms with E-state index >= 15 is 0 Å².